The Balaban J connectivity index is 3.60. The van der Waals surface area contributed by atoms with Gasteiger partial charge in [0, 0.05) is 13.1 Å². The lowest BCUT2D eigenvalue weighted by Gasteiger charge is -2.41. The van der Waals surface area contributed by atoms with Gasteiger partial charge < -0.3 is 9.64 Å². The molecule has 0 N–H and O–H groups in total. The molecular weight excluding hydrogens is 557 g/mol. The predicted octanol–water partition coefficient (Wildman–Crippen LogP) is 4.72. The maximum absolute atomic E-state index is 14.4. The second-order valence-electron chi connectivity index (χ2n) is 6.40. The van der Waals surface area contributed by atoms with E-state index in [1.165, 1.54) is 4.74 Å². The Kier molecular flexibility index (Phi) is 7.95. The largest absolute Gasteiger partial charge is 0.462 e. The summed E-state index contributed by atoms with van der Waals surface area (Å²) in [5.41, 5.74) is 0. The first-order chi connectivity index (χ1) is 15.2. The van der Waals surface area contributed by atoms with Gasteiger partial charge in [-0.05, 0) is 0 Å². The quantitative estimate of drug-likeness (QED) is 0.420. The average Bonchev–Trinajstić information content (AvgIpc) is 2.64. The van der Waals surface area contributed by atoms with Crippen molar-refractivity contribution in [1.29, 1.82) is 0 Å². The number of amides is 1. The zero-order valence-corrected chi connectivity index (χ0v) is 15.8. The van der Waals surface area contributed by atoms with Gasteiger partial charge in [0.25, 0.3) is 5.91 Å². The second kappa shape index (κ2) is 8.92. The highest BCUT2D eigenvalue weighted by atomic mass is 19.4. The molecule has 2 atom stereocenters. The van der Waals surface area contributed by atoms with Crippen molar-refractivity contribution in [3.8, 4) is 0 Å². The lowest BCUT2D eigenvalue weighted by molar-refractivity contribution is -0.548. The Bertz CT molecular complexity index is 771. The van der Waals surface area contributed by atoms with E-state index in [1.807, 2.05) is 4.74 Å². The minimum Gasteiger partial charge on any atom is -0.378 e. The van der Waals surface area contributed by atoms with Gasteiger partial charge in [0.15, 0.2) is 0 Å². The van der Waals surface area contributed by atoms with Crippen LogP contribution in [-0.2, 0) is 19.0 Å². The molecule has 0 radical (unpaired) electrons. The first-order valence-corrected chi connectivity index (χ1v) is 8.17. The van der Waals surface area contributed by atoms with E-state index in [1.54, 1.807) is 0 Å². The number of hydrogen-bond donors (Lipinski definition) is 0. The third kappa shape index (κ3) is 5.47. The molecule has 2 unspecified atom stereocenters. The number of ether oxygens (including phenoxy) is 3. The molecule has 35 heavy (non-hydrogen) atoms. The van der Waals surface area contributed by atoms with Crippen LogP contribution in [-0.4, -0.2) is 85.5 Å². The maximum atomic E-state index is 14.4. The van der Waals surface area contributed by atoms with Gasteiger partial charge in [-0.25, -0.2) is 0 Å². The molecule has 0 aromatic heterocycles. The van der Waals surface area contributed by atoms with Crippen LogP contribution in [0.25, 0.3) is 0 Å². The first kappa shape index (κ1) is 31.2. The number of nitrogens with zero attached hydrogens (tertiary/aromatic N) is 1. The molecule has 1 aliphatic heterocycles. The van der Waals surface area contributed by atoms with Crippen LogP contribution >= 0.6 is 0 Å². The molecule has 0 spiro atoms. The fourth-order valence-electron chi connectivity index (χ4n) is 2.12. The maximum Gasteiger partial charge on any atom is 0.462 e. The van der Waals surface area contributed by atoms with E-state index < -0.39 is 80.6 Å². The van der Waals surface area contributed by atoms with E-state index >= 15 is 0 Å². The summed E-state index contributed by atoms with van der Waals surface area (Å²) < 4.78 is 230. The summed E-state index contributed by atoms with van der Waals surface area (Å²) in [4.78, 5) is 11.4. The van der Waals surface area contributed by atoms with E-state index in [2.05, 4.69) is 4.74 Å². The Morgan fingerprint density at radius 1 is 0.600 bits per heavy atom. The van der Waals surface area contributed by atoms with Crippen LogP contribution in [0, 0.1) is 0 Å². The highest BCUT2D eigenvalue weighted by Crippen LogP contribution is 2.56. The zero-order chi connectivity index (χ0) is 28.1. The van der Waals surface area contributed by atoms with E-state index in [9.17, 15) is 79.4 Å². The highest BCUT2D eigenvalue weighted by molar-refractivity contribution is 5.84. The molecule has 0 saturated carbocycles. The van der Waals surface area contributed by atoms with E-state index in [0.29, 0.717) is 0 Å². The summed E-state index contributed by atoms with van der Waals surface area (Å²) in [6.07, 6.45) is -38.4. The molecule has 1 aliphatic rings. The summed E-state index contributed by atoms with van der Waals surface area (Å²) >= 11 is 0. The van der Waals surface area contributed by atoms with Crippen molar-refractivity contribution in [1.82, 2.24) is 4.90 Å². The number of carbonyl (C=O) groups is 1. The van der Waals surface area contributed by atoms with Gasteiger partial charge in [0.2, 0.25) is 0 Å². The fourth-order valence-corrected chi connectivity index (χ4v) is 2.12. The third-order valence-electron chi connectivity index (χ3n) is 3.94. The SMILES string of the molecule is O=C(N1CCOCC1)C(F)(OC(F)(F)C(F)(OC(F)(F)C(F)(F)C(F)(F)F)C(F)(F)F)C(F)(F)F. The van der Waals surface area contributed by atoms with Crippen molar-refractivity contribution in [3.05, 3.63) is 0 Å². The first-order valence-electron chi connectivity index (χ1n) is 8.17. The third-order valence-corrected chi connectivity index (χ3v) is 3.94. The van der Waals surface area contributed by atoms with E-state index in [0.717, 1.165) is 0 Å². The van der Waals surface area contributed by atoms with Crippen molar-refractivity contribution < 1.29 is 93.6 Å². The van der Waals surface area contributed by atoms with Crippen molar-refractivity contribution >= 4 is 5.91 Å². The lowest BCUT2D eigenvalue weighted by atomic mass is 10.2. The van der Waals surface area contributed by atoms with Crippen LogP contribution in [0.4, 0.5) is 74.6 Å². The Morgan fingerprint density at radius 3 is 1.37 bits per heavy atom. The van der Waals surface area contributed by atoms with Crippen LogP contribution in [0.1, 0.15) is 0 Å². The Morgan fingerprint density at radius 2 is 1.03 bits per heavy atom. The van der Waals surface area contributed by atoms with Crippen molar-refractivity contribution in [3.63, 3.8) is 0 Å². The number of rotatable bonds is 7. The van der Waals surface area contributed by atoms with E-state index in [-0.39, 0.29) is 4.90 Å². The Labute approximate surface area is 180 Å². The van der Waals surface area contributed by atoms with Gasteiger partial charge in [0.1, 0.15) is 0 Å². The van der Waals surface area contributed by atoms with Gasteiger partial charge in [-0.3, -0.25) is 14.3 Å². The molecule has 1 heterocycles. The molecule has 0 aromatic rings. The highest BCUT2D eigenvalue weighted by Gasteiger charge is 2.85. The normalized spacial score (nSPS) is 20.9. The number of halogens is 17. The molecule has 0 aromatic carbocycles. The molecule has 0 bridgehead atoms. The molecule has 1 saturated heterocycles. The van der Waals surface area contributed by atoms with Gasteiger partial charge in [-0.15, -0.1) is 0 Å². The minimum atomic E-state index is -8.02. The molecule has 1 rings (SSSR count). The fraction of sp³-hybridized carbons (Fsp3) is 0.923. The second-order valence-corrected chi connectivity index (χ2v) is 6.40. The van der Waals surface area contributed by atoms with Gasteiger partial charge >= 0.3 is 48.4 Å². The standard InChI is InChI=1S/C13H8F17NO4/c14-6(9(18,19)20,5(32)31-1-3-33-4-2-31)34-13(29,30)8(17,11(24,25)26)35-12(27,28)7(15,16)10(21,22)23/h1-4H2. The summed E-state index contributed by atoms with van der Waals surface area (Å²) in [6.45, 7) is -3.51. The molecule has 1 amide bonds. The molecule has 0 aliphatic carbocycles. The summed E-state index contributed by atoms with van der Waals surface area (Å²) in [5.74, 6) is -25.9. The molecular formula is C13H8F17NO4. The molecule has 1 fully saturated rings. The van der Waals surface area contributed by atoms with Crippen LogP contribution in [0.5, 0.6) is 0 Å². The summed E-state index contributed by atoms with van der Waals surface area (Å²) in [7, 11) is 0. The smallest absolute Gasteiger partial charge is 0.378 e. The predicted molar refractivity (Wildman–Crippen MR) is 70.3 cm³/mol. The van der Waals surface area contributed by atoms with E-state index in [4.69, 9.17) is 0 Å². The number of hydrogen-bond acceptors (Lipinski definition) is 4. The van der Waals surface area contributed by atoms with Gasteiger partial charge in [0.05, 0.1) is 13.2 Å². The van der Waals surface area contributed by atoms with Crippen LogP contribution in [0.2, 0.25) is 0 Å². The minimum absolute atomic E-state index is 0.353. The topological polar surface area (TPSA) is 48.0 Å². The van der Waals surface area contributed by atoms with Gasteiger partial charge in [-0.2, -0.15) is 74.6 Å². The summed E-state index contributed by atoms with van der Waals surface area (Å²) in [5, 5.41) is 0. The Hall–Kier alpha value is -1.84. The number of morpholine rings is 1. The van der Waals surface area contributed by atoms with Crippen LogP contribution in [0.15, 0.2) is 0 Å². The van der Waals surface area contributed by atoms with Crippen molar-refractivity contribution in [2.24, 2.45) is 0 Å². The number of carbonyl (C=O) groups excluding carboxylic acids is 1. The molecule has 208 valence electrons. The van der Waals surface area contributed by atoms with Crippen LogP contribution in [0.3, 0.4) is 0 Å². The lowest BCUT2D eigenvalue weighted by Crippen LogP contribution is -2.69. The molecule has 22 heteroatoms. The van der Waals surface area contributed by atoms with Crippen molar-refractivity contribution in [2.75, 3.05) is 26.3 Å². The number of alkyl halides is 17. The monoisotopic (exact) mass is 565 g/mol. The van der Waals surface area contributed by atoms with Crippen molar-refractivity contribution in [2.45, 2.75) is 48.4 Å². The molecule has 5 nitrogen and oxygen atoms in total. The zero-order valence-electron chi connectivity index (χ0n) is 15.8. The van der Waals surface area contributed by atoms with Gasteiger partial charge in [-0.1, -0.05) is 0 Å². The average molecular weight is 565 g/mol. The summed E-state index contributed by atoms with van der Waals surface area (Å²) in [6, 6.07) is 0. The van der Waals surface area contributed by atoms with Crippen LogP contribution < -0.4 is 0 Å².